The normalized spacial score (nSPS) is 26.8. The second-order valence-corrected chi connectivity index (χ2v) is 7.44. The Balaban J connectivity index is 1.65. The number of nitrogens with two attached hydrogens (primary N) is 1. The van der Waals surface area contributed by atoms with E-state index < -0.39 is 16.1 Å². The molecule has 0 aromatic heterocycles. The molecule has 2 aliphatic rings. The van der Waals surface area contributed by atoms with E-state index in [4.69, 9.17) is 14.6 Å². The van der Waals surface area contributed by atoms with E-state index in [0.29, 0.717) is 6.42 Å². The molecule has 1 heterocycles. The molecule has 23 heavy (non-hydrogen) atoms. The van der Waals surface area contributed by atoms with E-state index in [9.17, 15) is 8.42 Å². The van der Waals surface area contributed by atoms with Crippen LogP contribution in [0.2, 0.25) is 0 Å². The highest BCUT2D eigenvalue weighted by atomic mass is 32.2. The van der Waals surface area contributed by atoms with E-state index in [1.807, 2.05) is 18.2 Å². The van der Waals surface area contributed by atoms with E-state index >= 15 is 0 Å². The molecule has 7 heteroatoms. The van der Waals surface area contributed by atoms with E-state index in [1.54, 1.807) is 0 Å². The molecule has 0 amide bonds. The van der Waals surface area contributed by atoms with Crippen molar-refractivity contribution in [1.29, 1.82) is 0 Å². The van der Waals surface area contributed by atoms with Crippen molar-refractivity contribution in [3.63, 3.8) is 0 Å². The quantitative estimate of drug-likeness (QED) is 0.854. The fourth-order valence-corrected chi connectivity index (χ4v) is 3.75. The van der Waals surface area contributed by atoms with Crippen molar-refractivity contribution in [1.82, 2.24) is 0 Å². The largest absolute Gasteiger partial charge is 0.344 e. The van der Waals surface area contributed by atoms with Crippen LogP contribution in [0.15, 0.2) is 30.3 Å². The van der Waals surface area contributed by atoms with Crippen molar-refractivity contribution < 1.29 is 22.1 Å². The van der Waals surface area contributed by atoms with Gasteiger partial charge in [-0.1, -0.05) is 30.3 Å². The molecule has 2 N–H and O–H groups in total. The summed E-state index contributed by atoms with van der Waals surface area (Å²) < 4.78 is 38.9. The van der Waals surface area contributed by atoms with Crippen molar-refractivity contribution in [3.8, 4) is 0 Å². The Morgan fingerprint density at radius 3 is 2.43 bits per heavy atom. The molecular formula is C16H23NO5S. The molecule has 3 rings (SSSR count). The van der Waals surface area contributed by atoms with Crippen LogP contribution < -0.4 is 5.14 Å². The SMILES string of the molecule is NS(=O)(=O)OCCC1OC2(CCCC2)OC1Cc1ccccc1. The summed E-state index contributed by atoms with van der Waals surface area (Å²) in [5, 5.41) is 4.87. The molecular weight excluding hydrogens is 318 g/mol. The average Bonchev–Trinajstić information content (AvgIpc) is 3.07. The molecule has 1 aliphatic heterocycles. The average molecular weight is 341 g/mol. The molecule has 1 aromatic carbocycles. The molecule has 2 fully saturated rings. The molecule has 1 aliphatic carbocycles. The second-order valence-electron chi connectivity index (χ2n) is 6.22. The van der Waals surface area contributed by atoms with Gasteiger partial charge in [0.05, 0.1) is 18.8 Å². The Labute approximate surface area is 137 Å². The Hall–Kier alpha value is -0.990. The van der Waals surface area contributed by atoms with Gasteiger partial charge in [-0.15, -0.1) is 0 Å². The zero-order valence-corrected chi connectivity index (χ0v) is 13.8. The van der Waals surface area contributed by atoms with Crippen LogP contribution >= 0.6 is 0 Å². The number of rotatable bonds is 6. The van der Waals surface area contributed by atoms with Gasteiger partial charge in [-0.25, -0.2) is 5.14 Å². The minimum Gasteiger partial charge on any atom is -0.344 e. The van der Waals surface area contributed by atoms with Gasteiger partial charge in [0.1, 0.15) is 0 Å². The van der Waals surface area contributed by atoms with Crippen molar-refractivity contribution in [2.45, 2.75) is 56.5 Å². The molecule has 6 nitrogen and oxygen atoms in total. The van der Waals surface area contributed by atoms with Gasteiger partial charge >= 0.3 is 10.3 Å². The molecule has 0 radical (unpaired) electrons. The van der Waals surface area contributed by atoms with Gasteiger partial charge in [0.2, 0.25) is 0 Å². The summed E-state index contributed by atoms with van der Waals surface area (Å²) >= 11 is 0. The van der Waals surface area contributed by atoms with Gasteiger partial charge in [-0.2, -0.15) is 8.42 Å². The minimum atomic E-state index is -3.92. The van der Waals surface area contributed by atoms with Crippen LogP contribution in [-0.2, 0) is 30.4 Å². The zero-order valence-electron chi connectivity index (χ0n) is 13.0. The maximum absolute atomic E-state index is 10.9. The first-order valence-corrected chi connectivity index (χ1v) is 9.50. The predicted molar refractivity (Wildman–Crippen MR) is 84.8 cm³/mol. The molecule has 128 valence electrons. The molecule has 1 aromatic rings. The molecule has 2 atom stereocenters. The smallest absolute Gasteiger partial charge is 0.333 e. The minimum absolute atomic E-state index is 0.00816. The molecule has 2 unspecified atom stereocenters. The third-order valence-electron chi connectivity index (χ3n) is 4.44. The van der Waals surface area contributed by atoms with Gasteiger partial charge < -0.3 is 9.47 Å². The van der Waals surface area contributed by atoms with Crippen LogP contribution in [0.4, 0.5) is 0 Å². The summed E-state index contributed by atoms with van der Waals surface area (Å²) in [6.07, 6.45) is 4.87. The fourth-order valence-electron chi connectivity index (χ4n) is 3.43. The van der Waals surface area contributed by atoms with E-state index in [0.717, 1.165) is 32.1 Å². The van der Waals surface area contributed by atoms with Crippen LogP contribution in [0, 0.1) is 0 Å². The number of benzene rings is 1. The van der Waals surface area contributed by atoms with Crippen molar-refractivity contribution in [2.24, 2.45) is 5.14 Å². The second kappa shape index (κ2) is 6.86. The van der Waals surface area contributed by atoms with Gasteiger partial charge in [0, 0.05) is 25.7 Å². The third kappa shape index (κ3) is 4.51. The van der Waals surface area contributed by atoms with Gasteiger partial charge in [0.25, 0.3) is 0 Å². The summed E-state index contributed by atoms with van der Waals surface area (Å²) in [6, 6.07) is 10.1. The Morgan fingerprint density at radius 2 is 1.78 bits per heavy atom. The highest BCUT2D eigenvalue weighted by molar-refractivity contribution is 7.84. The Bertz CT molecular complexity index is 613. The fraction of sp³-hybridized carbons (Fsp3) is 0.625. The standard InChI is InChI=1S/C16H23NO5S/c17-23(18,19)20-11-8-14-15(12-13-6-2-1-3-7-13)22-16(21-14)9-4-5-10-16/h1-3,6-7,14-15H,4-5,8-12H2,(H2,17,18,19). The van der Waals surface area contributed by atoms with E-state index in [2.05, 4.69) is 16.3 Å². The maximum atomic E-state index is 10.9. The van der Waals surface area contributed by atoms with Gasteiger partial charge in [0.15, 0.2) is 5.79 Å². The van der Waals surface area contributed by atoms with Crippen LogP contribution in [0.5, 0.6) is 0 Å². The lowest BCUT2D eigenvalue weighted by Gasteiger charge is -2.22. The lowest BCUT2D eigenvalue weighted by Crippen LogP contribution is -2.27. The van der Waals surface area contributed by atoms with Crippen LogP contribution in [-0.4, -0.2) is 33.0 Å². The highest BCUT2D eigenvalue weighted by Gasteiger charge is 2.48. The van der Waals surface area contributed by atoms with Crippen LogP contribution in [0.1, 0.15) is 37.7 Å². The van der Waals surface area contributed by atoms with Gasteiger partial charge in [-0.05, 0) is 18.4 Å². The molecule has 0 bridgehead atoms. The van der Waals surface area contributed by atoms with Crippen molar-refractivity contribution >= 4 is 10.3 Å². The van der Waals surface area contributed by atoms with Crippen molar-refractivity contribution in [2.75, 3.05) is 6.61 Å². The number of ether oxygens (including phenoxy) is 2. The topological polar surface area (TPSA) is 87.9 Å². The van der Waals surface area contributed by atoms with Gasteiger partial charge in [-0.3, -0.25) is 4.18 Å². The van der Waals surface area contributed by atoms with E-state index in [-0.39, 0.29) is 18.8 Å². The molecule has 1 spiro atoms. The van der Waals surface area contributed by atoms with Crippen LogP contribution in [0.3, 0.4) is 0 Å². The summed E-state index contributed by atoms with van der Waals surface area (Å²) in [4.78, 5) is 0. The number of hydrogen-bond donors (Lipinski definition) is 1. The summed E-state index contributed by atoms with van der Waals surface area (Å²) in [7, 11) is -3.92. The van der Waals surface area contributed by atoms with Crippen LogP contribution in [0.25, 0.3) is 0 Å². The molecule has 1 saturated carbocycles. The first-order chi connectivity index (χ1) is 11.0. The monoisotopic (exact) mass is 341 g/mol. The predicted octanol–water partition coefficient (Wildman–Crippen LogP) is 1.89. The third-order valence-corrected chi connectivity index (χ3v) is 4.94. The Morgan fingerprint density at radius 1 is 1.13 bits per heavy atom. The lowest BCUT2D eigenvalue weighted by atomic mass is 10.0. The number of hydrogen-bond acceptors (Lipinski definition) is 5. The summed E-state index contributed by atoms with van der Waals surface area (Å²) in [5.74, 6) is -0.494. The first kappa shape index (κ1) is 16.9. The summed E-state index contributed by atoms with van der Waals surface area (Å²) in [5.41, 5.74) is 1.17. The highest BCUT2D eigenvalue weighted by Crippen LogP contribution is 2.43. The zero-order chi connectivity index (χ0) is 16.3. The molecule has 1 saturated heterocycles. The van der Waals surface area contributed by atoms with Crippen molar-refractivity contribution in [3.05, 3.63) is 35.9 Å². The lowest BCUT2D eigenvalue weighted by molar-refractivity contribution is -0.169. The summed E-state index contributed by atoms with van der Waals surface area (Å²) in [6.45, 7) is 0.00816. The maximum Gasteiger partial charge on any atom is 0.333 e. The van der Waals surface area contributed by atoms with E-state index in [1.165, 1.54) is 5.56 Å². The Kier molecular flexibility index (Phi) is 5.03. The first-order valence-electron chi connectivity index (χ1n) is 8.03.